The molecule has 0 atom stereocenters. The Bertz CT molecular complexity index is 636. The van der Waals surface area contributed by atoms with Crippen LogP contribution in [0, 0.1) is 0 Å². The minimum atomic E-state index is -0.00630. The highest BCUT2D eigenvalue weighted by molar-refractivity contribution is 7.17. The summed E-state index contributed by atoms with van der Waals surface area (Å²) >= 11 is 1.32. The first-order valence-corrected chi connectivity index (χ1v) is 6.69. The fourth-order valence-corrected chi connectivity index (χ4v) is 2.59. The van der Waals surface area contributed by atoms with Gasteiger partial charge in [-0.1, -0.05) is 0 Å². The van der Waals surface area contributed by atoms with Gasteiger partial charge in [-0.25, -0.2) is 4.98 Å². The zero-order valence-corrected chi connectivity index (χ0v) is 12.5. The van der Waals surface area contributed by atoms with Crippen LogP contribution in [-0.4, -0.2) is 32.1 Å². The minimum Gasteiger partial charge on any atom is -0.496 e. The highest BCUT2D eigenvalue weighted by Gasteiger charge is 2.16. The molecule has 0 aliphatic heterocycles. The van der Waals surface area contributed by atoms with E-state index in [4.69, 9.17) is 14.2 Å². The molecule has 0 aliphatic carbocycles. The third-order valence-electron chi connectivity index (χ3n) is 2.79. The van der Waals surface area contributed by atoms with Gasteiger partial charge < -0.3 is 14.2 Å². The number of ether oxygens (including phenoxy) is 3. The van der Waals surface area contributed by atoms with E-state index in [1.807, 2.05) is 0 Å². The number of rotatable bonds is 5. The predicted octanol–water partition coefficient (Wildman–Crippen LogP) is 3.04. The lowest BCUT2D eigenvalue weighted by atomic mass is 10.2. The van der Waals surface area contributed by atoms with Crippen LogP contribution in [0.5, 0.6) is 17.2 Å². The molecule has 0 radical (unpaired) electrons. The summed E-state index contributed by atoms with van der Waals surface area (Å²) in [6, 6.07) is 3.53. The molecule has 1 aromatic carbocycles. The standard InChI is InChI=1S/C14H15NO4S/c1-8(16)13-7-15-14(20-13)9-5-11(18-3)12(19-4)6-10(9)17-2/h5-7H,1-4H3. The van der Waals surface area contributed by atoms with Gasteiger partial charge in [0.25, 0.3) is 0 Å². The number of benzene rings is 1. The smallest absolute Gasteiger partial charge is 0.171 e. The fraction of sp³-hybridized carbons (Fsp3) is 0.286. The molecule has 0 N–H and O–H groups in total. The van der Waals surface area contributed by atoms with Crippen molar-refractivity contribution in [2.45, 2.75) is 6.92 Å². The Hall–Kier alpha value is -2.08. The lowest BCUT2D eigenvalue weighted by Crippen LogP contribution is -1.94. The molecule has 0 aliphatic rings. The van der Waals surface area contributed by atoms with Crippen LogP contribution >= 0.6 is 11.3 Å². The molecule has 20 heavy (non-hydrogen) atoms. The number of Topliss-reactive ketones (excluding diaryl/α,β-unsaturated/α-hetero) is 1. The Labute approximate surface area is 121 Å². The first-order chi connectivity index (χ1) is 9.60. The van der Waals surface area contributed by atoms with Crippen molar-refractivity contribution in [2.24, 2.45) is 0 Å². The summed E-state index contributed by atoms with van der Waals surface area (Å²) in [5.41, 5.74) is 0.766. The van der Waals surface area contributed by atoms with Gasteiger partial charge >= 0.3 is 0 Å². The molecule has 1 aromatic heterocycles. The number of thiazole rings is 1. The van der Waals surface area contributed by atoms with E-state index < -0.39 is 0 Å². The molecule has 6 heteroatoms. The van der Waals surface area contributed by atoms with Crippen LogP contribution in [0.3, 0.4) is 0 Å². The van der Waals surface area contributed by atoms with Crippen molar-refractivity contribution in [3.8, 4) is 27.8 Å². The van der Waals surface area contributed by atoms with E-state index in [1.165, 1.54) is 18.3 Å². The Morgan fingerprint density at radius 3 is 2.15 bits per heavy atom. The molecule has 106 valence electrons. The Kier molecular flexibility index (Phi) is 4.24. The first-order valence-electron chi connectivity index (χ1n) is 5.87. The maximum Gasteiger partial charge on any atom is 0.171 e. The summed E-state index contributed by atoms with van der Waals surface area (Å²) in [6.45, 7) is 1.52. The van der Waals surface area contributed by atoms with E-state index in [9.17, 15) is 4.79 Å². The molecule has 0 amide bonds. The molecule has 1 heterocycles. The van der Waals surface area contributed by atoms with E-state index >= 15 is 0 Å². The van der Waals surface area contributed by atoms with Crippen LogP contribution in [0.2, 0.25) is 0 Å². The average molecular weight is 293 g/mol. The van der Waals surface area contributed by atoms with Gasteiger partial charge in [-0.2, -0.15) is 0 Å². The molecule has 0 saturated carbocycles. The topological polar surface area (TPSA) is 57.7 Å². The van der Waals surface area contributed by atoms with Crippen LogP contribution in [0.4, 0.5) is 0 Å². The third-order valence-corrected chi connectivity index (χ3v) is 3.92. The molecule has 0 saturated heterocycles. The van der Waals surface area contributed by atoms with E-state index in [-0.39, 0.29) is 5.78 Å². The number of carbonyl (C=O) groups excluding carboxylic acids is 1. The summed E-state index contributed by atoms with van der Waals surface area (Å²) < 4.78 is 15.9. The summed E-state index contributed by atoms with van der Waals surface area (Å²) in [5, 5.41) is 0.702. The van der Waals surface area contributed by atoms with Gasteiger partial charge in [0.1, 0.15) is 10.8 Å². The van der Waals surface area contributed by atoms with E-state index in [1.54, 1.807) is 39.7 Å². The number of methoxy groups -OCH3 is 3. The molecule has 5 nitrogen and oxygen atoms in total. The summed E-state index contributed by atoms with van der Waals surface area (Å²) in [5.74, 6) is 1.78. The number of nitrogens with zero attached hydrogens (tertiary/aromatic N) is 1. The van der Waals surface area contributed by atoms with Crippen LogP contribution in [-0.2, 0) is 0 Å². The molecule has 0 spiro atoms. The normalized spacial score (nSPS) is 10.2. The predicted molar refractivity (Wildman–Crippen MR) is 77.2 cm³/mol. The number of hydrogen-bond acceptors (Lipinski definition) is 6. The van der Waals surface area contributed by atoms with Gasteiger partial charge in [-0.05, 0) is 6.07 Å². The first kappa shape index (κ1) is 14.3. The van der Waals surface area contributed by atoms with E-state index in [0.717, 1.165) is 5.56 Å². The highest BCUT2D eigenvalue weighted by Crippen LogP contribution is 2.41. The van der Waals surface area contributed by atoms with Crippen LogP contribution < -0.4 is 14.2 Å². The summed E-state index contributed by atoms with van der Waals surface area (Å²) in [4.78, 5) is 16.2. The van der Waals surface area contributed by atoms with Gasteiger partial charge in [-0.15, -0.1) is 11.3 Å². The molecule has 0 fully saturated rings. The summed E-state index contributed by atoms with van der Waals surface area (Å²) in [6.07, 6.45) is 1.57. The minimum absolute atomic E-state index is 0.00630. The van der Waals surface area contributed by atoms with Gasteiger partial charge in [-0.3, -0.25) is 4.79 Å². The molecule has 2 aromatic rings. The Morgan fingerprint density at radius 2 is 1.65 bits per heavy atom. The molecule has 2 rings (SSSR count). The van der Waals surface area contributed by atoms with Crippen molar-refractivity contribution in [3.63, 3.8) is 0 Å². The van der Waals surface area contributed by atoms with Crippen molar-refractivity contribution >= 4 is 17.1 Å². The second-order valence-corrected chi connectivity index (χ2v) is 5.02. The largest absolute Gasteiger partial charge is 0.496 e. The third kappa shape index (κ3) is 2.60. The van der Waals surface area contributed by atoms with E-state index in [2.05, 4.69) is 4.98 Å². The summed E-state index contributed by atoms with van der Waals surface area (Å²) in [7, 11) is 4.70. The SMILES string of the molecule is COc1cc(OC)c(-c2ncc(C(C)=O)s2)cc1OC. The molecular formula is C14H15NO4S. The second kappa shape index (κ2) is 5.92. The average Bonchev–Trinajstić information content (AvgIpc) is 2.95. The maximum atomic E-state index is 11.4. The zero-order chi connectivity index (χ0) is 14.7. The number of ketones is 1. The van der Waals surface area contributed by atoms with Gasteiger partial charge in [0.05, 0.1) is 31.8 Å². The van der Waals surface area contributed by atoms with Gasteiger partial charge in [0.15, 0.2) is 17.3 Å². The van der Waals surface area contributed by atoms with Crippen LogP contribution in [0.15, 0.2) is 18.3 Å². The lowest BCUT2D eigenvalue weighted by Gasteiger charge is -2.12. The Balaban J connectivity index is 2.56. The van der Waals surface area contributed by atoms with Gasteiger partial charge in [0.2, 0.25) is 0 Å². The van der Waals surface area contributed by atoms with Crippen LogP contribution in [0.1, 0.15) is 16.6 Å². The van der Waals surface area contributed by atoms with Crippen molar-refractivity contribution in [3.05, 3.63) is 23.2 Å². The van der Waals surface area contributed by atoms with Gasteiger partial charge in [0, 0.05) is 19.2 Å². The molecular weight excluding hydrogens is 278 g/mol. The van der Waals surface area contributed by atoms with Crippen molar-refractivity contribution in [1.82, 2.24) is 4.98 Å². The van der Waals surface area contributed by atoms with Crippen molar-refractivity contribution < 1.29 is 19.0 Å². The Morgan fingerprint density at radius 1 is 1.05 bits per heavy atom. The molecule has 0 bridgehead atoms. The molecule has 0 unspecified atom stereocenters. The highest BCUT2D eigenvalue weighted by atomic mass is 32.1. The van der Waals surface area contributed by atoms with Crippen LogP contribution in [0.25, 0.3) is 10.6 Å². The van der Waals surface area contributed by atoms with Crippen molar-refractivity contribution in [2.75, 3.05) is 21.3 Å². The number of carbonyl (C=O) groups is 1. The maximum absolute atomic E-state index is 11.4. The second-order valence-electron chi connectivity index (χ2n) is 3.99. The lowest BCUT2D eigenvalue weighted by molar-refractivity contribution is 0.102. The number of hydrogen-bond donors (Lipinski definition) is 0. The van der Waals surface area contributed by atoms with E-state index in [0.29, 0.717) is 27.1 Å². The zero-order valence-electron chi connectivity index (χ0n) is 11.7. The fourth-order valence-electron chi connectivity index (χ4n) is 1.76. The quantitative estimate of drug-likeness (QED) is 0.793. The monoisotopic (exact) mass is 293 g/mol. The van der Waals surface area contributed by atoms with Crippen molar-refractivity contribution in [1.29, 1.82) is 0 Å². The number of aromatic nitrogens is 1.